The van der Waals surface area contributed by atoms with Crippen LogP contribution in [0, 0.1) is 12.7 Å². The normalized spacial score (nSPS) is 15.3. The Kier molecular flexibility index (Phi) is 5.57. The molecule has 0 radical (unpaired) electrons. The van der Waals surface area contributed by atoms with Crippen LogP contribution in [0.5, 0.6) is 5.75 Å². The van der Waals surface area contributed by atoms with Gasteiger partial charge in [0.15, 0.2) is 11.6 Å². The number of amides is 1. The maximum atomic E-state index is 13.8. The van der Waals surface area contributed by atoms with Gasteiger partial charge in [0, 0.05) is 11.9 Å². The van der Waals surface area contributed by atoms with E-state index in [1.54, 1.807) is 60.5 Å². The van der Waals surface area contributed by atoms with Gasteiger partial charge in [-0.05, 0) is 48.9 Å². The van der Waals surface area contributed by atoms with Gasteiger partial charge < -0.3 is 20.1 Å². The number of hydrogen-bond acceptors (Lipinski definition) is 5. The van der Waals surface area contributed by atoms with Crippen LogP contribution in [0.2, 0.25) is 5.02 Å². The number of aliphatic hydroxyl groups excluding tert-OH is 1. The maximum Gasteiger partial charge on any atom is 0.259 e. The van der Waals surface area contributed by atoms with Crippen LogP contribution in [0.3, 0.4) is 0 Å². The number of carbonyl (C=O) groups is 1. The zero-order valence-corrected chi connectivity index (χ0v) is 16.9. The van der Waals surface area contributed by atoms with Gasteiger partial charge in [0.1, 0.15) is 12.4 Å². The van der Waals surface area contributed by atoms with Crippen LogP contribution in [0.15, 0.2) is 54.7 Å². The summed E-state index contributed by atoms with van der Waals surface area (Å²) in [5.41, 5.74) is 1.67. The van der Waals surface area contributed by atoms with Crippen molar-refractivity contribution in [1.29, 1.82) is 0 Å². The molecule has 0 saturated heterocycles. The third kappa shape index (κ3) is 3.69. The van der Waals surface area contributed by atoms with E-state index in [4.69, 9.17) is 16.3 Å². The molecule has 2 heterocycles. The number of ether oxygens (including phenoxy) is 1. The number of para-hydroxylation sites is 1. The average molecular weight is 428 g/mol. The Morgan fingerprint density at radius 2 is 2.17 bits per heavy atom. The first kappa shape index (κ1) is 20.1. The Morgan fingerprint density at radius 3 is 2.90 bits per heavy atom. The molecule has 1 aliphatic heterocycles. The van der Waals surface area contributed by atoms with Gasteiger partial charge in [-0.2, -0.15) is 0 Å². The van der Waals surface area contributed by atoms with Gasteiger partial charge in [0.2, 0.25) is 0 Å². The minimum atomic E-state index is -0.440. The number of benzene rings is 2. The standard InChI is InChI=1S/C22H19ClFN3O3/c1-13-7-8-14(10-18(13)24)26-22(29)16-4-2-6-19-20(16)30-12-15(11-28)27(19)21-17(23)5-3-9-25-21/h2-10,15,28H,11-12H2,1H3,(H,26,29). The number of rotatable bonds is 4. The van der Waals surface area contributed by atoms with E-state index in [2.05, 4.69) is 10.3 Å². The third-order valence-electron chi connectivity index (χ3n) is 4.89. The van der Waals surface area contributed by atoms with Gasteiger partial charge in [-0.1, -0.05) is 23.7 Å². The van der Waals surface area contributed by atoms with E-state index >= 15 is 0 Å². The van der Waals surface area contributed by atoms with Crippen molar-refractivity contribution in [2.45, 2.75) is 13.0 Å². The number of aromatic nitrogens is 1. The highest BCUT2D eigenvalue weighted by atomic mass is 35.5. The summed E-state index contributed by atoms with van der Waals surface area (Å²) in [6.07, 6.45) is 1.60. The topological polar surface area (TPSA) is 74.7 Å². The predicted molar refractivity (Wildman–Crippen MR) is 113 cm³/mol. The average Bonchev–Trinajstić information content (AvgIpc) is 2.75. The van der Waals surface area contributed by atoms with Crippen molar-refractivity contribution in [3.05, 3.63) is 76.7 Å². The SMILES string of the molecule is Cc1ccc(NC(=O)c2cccc3c2OCC(CO)N3c2ncccc2Cl)cc1F. The van der Waals surface area contributed by atoms with Gasteiger partial charge >= 0.3 is 0 Å². The molecule has 2 aromatic carbocycles. The number of anilines is 3. The molecule has 1 aromatic heterocycles. The van der Waals surface area contributed by atoms with E-state index in [0.29, 0.717) is 33.5 Å². The van der Waals surface area contributed by atoms with Crippen molar-refractivity contribution in [2.24, 2.45) is 0 Å². The second-order valence-corrected chi connectivity index (χ2v) is 7.31. The lowest BCUT2D eigenvalue weighted by atomic mass is 10.1. The number of halogens is 2. The number of aliphatic hydroxyl groups is 1. The van der Waals surface area contributed by atoms with Gasteiger partial charge in [0.05, 0.1) is 28.9 Å². The van der Waals surface area contributed by atoms with E-state index in [1.807, 2.05) is 0 Å². The Balaban J connectivity index is 1.73. The summed E-state index contributed by atoms with van der Waals surface area (Å²) in [6.45, 7) is 1.60. The quantitative estimate of drug-likeness (QED) is 0.648. The zero-order valence-electron chi connectivity index (χ0n) is 16.1. The fourth-order valence-electron chi connectivity index (χ4n) is 3.34. The van der Waals surface area contributed by atoms with Crippen LogP contribution in [-0.2, 0) is 0 Å². The van der Waals surface area contributed by atoms with Crippen LogP contribution < -0.4 is 15.0 Å². The number of fused-ring (bicyclic) bond motifs is 1. The fourth-order valence-corrected chi connectivity index (χ4v) is 3.55. The van der Waals surface area contributed by atoms with Crippen molar-refractivity contribution in [3.8, 4) is 5.75 Å². The third-order valence-corrected chi connectivity index (χ3v) is 5.19. The number of carbonyl (C=O) groups excluding carboxylic acids is 1. The Hall–Kier alpha value is -3.16. The Morgan fingerprint density at radius 1 is 1.33 bits per heavy atom. The van der Waals surface area contributed by atoms with E-state index in [1.165, 1.54) is 6.07 Å². The molecule has 0 bridgehead atoms. The molecule has 154 valence electrons. The molecule has 4 rings (SSSR count). The van der Waals surface area contributed by atoms with E-state index in [9.17, 15) is 14.3 Å². The minimum Gasteiger partial charge on any atom is -0.488 e. The molecule has 8 heteroatoms. The van der Waals surface area contributed by atoms with Crippen molar-refractivity contribution in [1.82, 2.24) is 4.98 Å². The first-order valence-electron chi connectivity index (χ1n) is 9.33. The molecule has 0 saturated carbocycles. The predicted octanol–water partition coefficient (Wildman–Crippen LogP) is 4.33. The molecule has 0 spiro atoms. The Bertz CT molecular complexity index is 1110. The number of pyridine rings is 1. The molecule has 1 atom stereocenters. The minimum absolute atomic E-state index is 0.139. The number of nitrogens with zero attached hydrogens (tertiary/aromatic N) is 2. The highest BCUT2D eigenvalue weighted by Crippen LogP contribution is 2.42. The lowest BCUT2D eigenvalue weighted by Gasteiger charge is -2.37. The lowest BCUT2D eigenvalue weighted by Crippen LogP contribution is -2.43. The summed E-state index contributed by atoms with van der Waals surface area (Å²) < 4.78 is 19.7. The summed E-state index contributed by atoms with van der Waals surface area (Å²) in [4.78, 5) is 19.0. The van der Waals surface area contributed by atoms with Crippen LogP contribution in [-0.4, -0.2) is 35.3 Å². The van der Waals surface area contributed by atoms with Crippen molar-refractivity contribution in [3.63, 3.8) is 0 Å². The molecular weight excluding hydrogens is 409 g/mol. The van der Waals surface area contributed by atoms with Gasteiger partial charge in [0.25, 0.3) is 5.91 Å². The van der Waals surface area contributed by atoms with E-state index in [0.717, 1.165) is 0 Å². The first-order chi connectivity index (χ1) is 14.5. The molecule has 1 unspecified atom stereocenters. The Labute approximate surface area is 177 Å². The van der Waals surface area contributed by atoms with Crippen molar-refractivity contribution >= 4 is 34.7 Å². The highest BCUT2D eigenvalue weighted by molar-refractivity contribution is 6.33. The lowest BCUT2D eigenvalue weighted by molar-refractivity contribution is 0.102. The maximum absolute atomic E-state index is 13.8. The number of hydrogen-bond donors (Lipinski definition) is 2. The number of aryl methyl sites for hydroxylation is 1. The monoisotopic (exact) mass is 427 g/mol. The molecular formula is C22H19ClFN3O3. The molecule has 2 N–H and O–H groups in total. The first-order valence-corrected chi connectivity index (χ1v) is 9.71. The van der Waals surface area contributed by atoms with Gasteiger partial charge in [-0.15, -0.1) is 0 Å². The molecule has 0 fully saturated rings. The van der Waals surface area contributed by atoms with Crippen LogP contribution >= 0.6 is 11.6 Å². The summed E-state index contributed by atoms with van der Waals surface area (Å²) in [6, 6.07) is 12.6. The molecule has 0 aliphatic carbocycles. The molecule has 1 amide bonds. The highest BCUT2D eigenvalue weighted by Gasteiger charge is 2.33. The summed E-state index contributed by atoms with van der Waals surface area (Å²) in [5, 5.41) is 13.0. The summed E-state index contributed by atoms with van der Waals surface area (Å²) in [5.74, 6) is -0.0412. The molecule has 30 heavy (non-hydrogen) atoms. The van der Waals surface area contributed by atoms with E-state index < -0.39 is 17.8 Å². The smallest absolute Gasteiger partial charge is 0.259 e. The second-order valence-electron chi connectivity index (χ2n) is 6.90. The largest absolute Gasteiger partial charge is 0.488 e. The van der Waals surface area contributed by atoms with Crippen LogP contribution in [0.1, 0.15) is 15.9 Å². The zero-order chi connectivity index (χ0) is 21.3. The van der Waals surface area contributed by atoms with Crippen LogP contribution in [0.4, 0.5) is 21.6 Å². The summed E-state index contributed by atoms with van der Waals surface area (Å²) in [7, 11) is 0. The molecule has 6 nitrogen and oxygen atoms in total. The van der Waals surface area contributed by atoms with Crippen molar-refractivity contribution < 1.29 is 19.0 Å². The second kappa shape index (κ2) is 8.30. The van der Waals surface area contributed by atoms with E-state index in [-0.39, 0.29) is 18.8 Å². The van der Waals surface area contributed by atoms with Crippen LogP contribution in [0.25, 0.3) is 0 Å². The molecule has 1 aliphatic rings. The van der Waals surface area contributed by atoms with Gasteiger partial charge in [-0.3, -0.25) is 4.79 Å². The summed E-state index contributed by atoms with van der Waals surface area (Å²) >= 11 is 6.34. The van der Waals surface area contributed by atoms with Gasteiger partial charge in [-0.25, -0.2) is 9.37 Å². The number of nitrogens with one attached hydrogen (secondary N) is 1. The fraction of sp³-hybridized carbons (Fsp3) is 0.182. The molecule has 3 aromatic rings. The van der Waals surface area contributed by atoms with Crippen molar-refractivity contribution in [2.75, 3.05) is 23.4 Å².